The number of benzene rings is 1. The van der Waals surface area contributed by atoms with Gasteiger partial charge in [-0.1, -0.05) is 23.7 Å². The predicted octanol–water partition coefficient (Wildman–Crippen LogP) is 3.01. The van der Waals surface area contributed by atoms with Crippen LogP contribution in [0.15, 0.2) is 24.3 Å². The summed E-state index contributed by atoms with van der Waals surface area (Å²) in [6.45, 7) is 0. The van der Waals surface area contributed by atoms with Gasteiger partial charge in [0.15, 0.2) is 0 Å². The fourth-order valence-corrected chi connectivity index (χ4v) is 1.62. The summed E-state index contributed by atoms with van der Waals surface area (Å²) >= 11 is 5.80. The van der Waals surface area contributed by atoms with E-state index >= 15 is 0 Å². The molecule has 0 saturated carbocycles. The molecule has 1 aromatic carbocycles. The van der Waals surface area contributed by atoms with E-state index in [0.717, 1.165) is 30.7 Å². The van der Waals surface area contributed by atoms with Crippen LogP contribution >= 0.6 is 11.6 Å². The van der Waals surface area contributed by atoms with E-state index in [1.807, 2.05) is 24.3 Å². The Bertz CT molecular complexity index is 323. The number of nitrogens with two attached hydrogens (primary N) is 1. The third-order valence-electron chi connectivity index (χ3n) is 2.31. The van der Waals surface area contributed by atoms with Crippen molar-refractivity contribution in [1.29, 1.82) is 0 Å². The summed E-state index contributed by atoms with van der Waals surface area (Å²) in [6, 6.07) is 8.02. The van der Waals surface area contributed by atoms with Crippen molar-refractivity contribution >= 4 is 11.6 Å². The highest BCUT2D eigenvalue weighted by Crippen LogP contribution is 2.12. The molecule has 0 aromatic heterocycles. The van der Waals surface area contributed by atoms with Crippen molar-refractivity contribution in [3.63, 3.8) is 0 Å². The van der Waals surface area contributed by atoms with Crippen molar-refractivity contribution in [2.24, 2.45) is 5.73 Å². The number of halogens is 1. The molecule has 1 rings (SSSR count). The molecule has 0 saturated heterocycles. The third kappa shape index (κ3) is 4.88. The topological polar surface area (TPSA) is 26.0 Å². The maximum absolute atomic E-state index is 5.98. The second-order valence-corrected chi connectivity index (χ2v) is 4.12. The molecule has 2 heteroatoms. The molecule has 80 valence electrons. The lowest BCUT2D eigenvalue weighted by Crippen LogP contribution is -2.22. The predicted molar refractivity (Wildman–Crippen MR) is 65.8 cm³/mol. The van der Waals surface area contributed by atoms with E-state index in [0.29, 0.717) is 0 Å². The molecule has 0 spiro atoms. The molecule has 0 radical (unpaired) electrons. The average molecular weight is 222 g/mol. The largest absolute Gasteiger partial charge is 0.327 e. The summed E-state index contributed by atoms with van der Waals surface area (Å²) in [5.41, 5.74) is 7.21. The van der Waals surface area contributed by atoms with Gasteiger partial charge in [0, 0.05) is 17.5 Å². The fraction of sp³-hybridized carbons (Fsp3) is 0.385. The molecule has 1 nitrogen and oxygen atoms in total. The van der Waals surface area contributed by atoms with Crippen LogP contribution in [0.25, 0.3) is 0 Å². The Labute approximate surface area is 96.6 Å². The first kappa shape index (κ1) is 12.1. The van der Waals surface area contributed by atoms with Gasteiger partial charge >= 0.3 is 0 Å². The molecule has 0 fully saturated rings. The summed E-state index contributed by atoms with van der Waals surface area (Å²) in [5, 5.41) is 0.764. The van der Waals surface area contributed by atoms with Crippen LogP contribution in [0.3, 0.4) is 0 Å². The zero-order valence-corrected chi connectivity index (χ0v) is 9.50. The second-order valence-electron chi connectivity index (χ2n) is 3.69. The van der Waals surface area contributed by atoms with Crippen molar-refractivity contribution in [3.05, 3.63) is 34.9 Å². The Kier molecular flexibility index (Phi) is 5.25. The van der Waals surface area contributed by atoms with Gasteiger partial charge in [-0.15, -0.1) is 12.3 Å². The Morgan fingerprint density at radius 1 is 1.33 bits per heavy atom. The zero-order chi connectivity index (χ0) is 11.1. The molecule has 15 heavy (non-hydrogen) atoms. The lowest BCUT2D eigenvalue weighted by Gasteiger charge is -2.10. The van der Waals surface area contributed by atoms with E-state index in [1.54, 1.807) is 0 Å². The van der Waals surface area contributed by atoms with Gasteiger partial charge in [-0.3, -0.25) is 0 Å². The van der Waals surface area contributed by atoms with Crippen LogP contribution in [0.4, 0.5) is 0 Å². The second kappa shape index (κ2) is 6.50. The lowest BCUT2D eigenvalue weighted by molar-refractivity contribution is 0.587. The molecule has 0 aliphatic heterocycles. The summed E-state index contributed by atoms with van der Waals surface area (Å²) in [6.07, 6.45) is 8.87. The SMILES string of the molecule is C#CCCCC(N)Cc1ccc(Cl)cc1. The number of hydrogen-bond donors (Lipinski definition) is 1. The summed E-state index contributed by atoms with van der Waals surface area (Å²) in [4.78, 5) is 0. The van der Waals surface area contributed by atoms with Crippen molar-refractivity contribution in [2.45, 2.75) is 31.7 Å². The van der Waals surface area contributed by atoms with Gasteiger partial charge < -0.3 is 5.73 Å². The average Bonchev–Trinajstić information content (AvgIpc) is 2.22. The highest BCUT2D eigenvalue weighted by Gasteiger charge is 2.03. The van der Waals surface area contributed by atoms with Crippen LogP contribution in [0, 0.1) is 12.3 Å². The Morgan fingerprint density at radius 3 is 2.60 bits per heavy atom. The monoisotopic (exact) mass is 221 g/mol. The maximum Gasteiger partial charge on any atom is 0.0406 e. The molecule has 0 aliphatic carbocycles. The van der Waals surface area contributed by atoms with Gasteiger partial charge in [0.2, 0.25) is 0 Å². The summed E-state index contributed by atoms with van der Waals surface area (Å²) in [5.74, 6) is 2.62. The first-order valence-corrected chi connectivity index (χ1v) is 5.53. The third-order valence-corrected chi connectivity index (χ3v) is 2.56. The molecule has 1 unspecified atom stereocenters. The standard InChI is InChI=1S/C13H16ClN/c1-2-3-4-5-13(15)10-11-6-8-12(14)9-7-11/h1,6-9,13H,3-5,10,15H2. The van der Waals surface area contributed by atoms with E-state index in [4.69, 9.17) is 23.8 Å². The first-order valence-electron chi connectivity index (χ1n) is 5.16. The molecule has 0 heterocycles. The lowest BCUT2D eigenvalue weighted by atomic mass is 10.0. The van der Waals surface area contributed by atoms with Gasteiger partial charge in [0.25, 0.3) is 0 Å². The fourth-order valence-electron chi connectivity index (χ4n) is 1.49. The van der Waals surface area contributed by atoms with Gasteiger partial charge in [-0.25, -0.2) is 0 Å². The molecule has 1 atom stereocenters. The Balaban J connectivity index is 2.34. The summed E-state index contributed by atoms with van der Waals surface area (Å²) in [7, 11) is 0. The molecular formula is C13H16ClN. The summed E-state index contributed by atoms with van der Waals surface area (Å²) < 4.78 is 0. The first-order chi connectivity index (χ1) is 7.22. The number of hydrogen-bond acceptors (Lipinski definition) is 1. The van der Waals surface area contributed by atoms with Crippen LogP contribution in [0.5, 0.6) is 0 Å². The van der Waals surface area contributed by atoms with Gasteiger partial charge in [0.1, 0.15) is 0 Å². The quantitative estimate of drug-likeness (QED) is 0.601. The molecule has 0 aliphatic rings. The minimum Gasteiger partial charge on any atom is -0.327 e. The van der Waals surface area contributed by atoms with Crippen LogP contribution in [-0.2, 0) is 6.42 Å². The molecule has 0 amide bonds. The van der Waals surface area contributed by atoms with Crippen LogP contribution in [0.1, 0.15) is 24.8 Å². The number of unbranched alkanes of at least 4 members (excludes halogenated alkanes) is 1. The van der Waals surface area contributed by atoms with Crippen LogP contribution < -0.4 is 5.73 Å². The van der Waals surface area contributed by atoms with Crippen molar-refractivity contribution in [1.82, 2.24) is 0 Å². The van der Waals surface area contributed by atoms with Crippen molar-refractivity contribution < 1.29 is 0 Å². The molecule has 1 aromatic rings. The van der Waals surface area contributed by atoms with E-state index in [9.17, 15) is 0 Å². The van der Waals surface area contributed by atoms with Crippen LogP contribution in [0.2, 0.25) is 5.02 Å². The van der Waals surface area contributed by atoms with E-state index < -0.39 is 0 Å². The van der Waals surface area contributed by atoms with Crippen LogP contribution in [-0.4, -0.2) is 6.04 Å². The van der Waals surface area contributed by atoms with E-state index in [2.05, 4.69) is 5.92 Å². The van der Waals surface area contributed by atoms with Gasteiger partial charge in [-0.05, 0) is 37.0 Å². The number of rotatable bonds is 5. The van der Waals surface area contributed by atoms with Gasteiger partial charge in [0.05, 0.1) is 0 Å². The van der Waals surface area contributed by atoms with Gasteiger partial charge in [-0.2, -0.15) is 0 Å². The maximum atomic E-state index is 5.98. The van der Waals surface area contributed by atoms with E-state index in [1.165, 1.54) is 5.56 Å². The Hall–Kier alpha value is -0.970. The van der Waals surface area contributed by atoms with Crippen molar-refractivity contribution in [3.8, 4) is 12.3 Å². The molecule has 2 N–H and O–H groups in total. The highest BCUT2D eigenvalue weighted by atomic mass is 35.5. The minimum atomic E-state index is 0.194. The normalized spacial score (nSPS) is 12.1. The molecule has 0 bridgehead atoms. The number of terminal acetylenes is 1. The smallest absolute Gasteiger partial charge is 0.0406 e. The minimum absolute atomic E-state index is 0.194. The highest BCUT2D eigenvalue weighted by molar-refractivity contribution is 6.30. The Morgan fingerprint density at radius 2 is 2.00 bits per heavy atom. The van der Waals surface area contributed by atoms with Crippen molar-refractivity contribution in [2.75, 3.05) is 0 Å². The van der Waals surface area contributed by atoms with E-state index in [-0.39, 0.29) is 6.04 Å². The zero-order valence-electron chi connectivity index (χ0n) is 8.75. The molecular weight excluding hydrogens is 206 g/mol.